The van der Waals surface area contributed by atoms with Gasteiger partial charge in [-0.05, 0) is 43.5 Å². The number of hydrogen-bond acceptors (Lipinski definition) is 3. The summed E-state index contributed by atoms with van der Waals surface area (Å²) in [5.41, 5.74) is 0.675. The number of likely N-dealkylation sites (tertiary alicyclic amines) is 1. The number of carbonyl (C=O) groups excluding carboxylic acids is 2. The summed E-state index contributed by atoms with van der Waals surface area (Å²) >= 11 is 0. The summed E-state index contributed by atoms with van der Waals surface area (Å²) in [7, 11) is 0. The number of amides is 3. The highest BCUT2D eigenvalue weighted by Crippen LogP contribution is 2.39. The Morgan fingerprint density at radius 2 is 1.93 bits per heavy atom. The number of carbonyl (C=O) groups is 2. The van der Waals surface area contributed by atoms with E-state index in [-0.39, 0.29) is 11.9 Å². The van der Waals surface area contributed by atoms with E-state index in [0.717, 1.165) is 6.54 Å². The van der Waals surface area contributed by atoms with Crippen LogP contribution in [0.15, 0.2) is 54.6 Å². The third-order valence-electron chi connectivity index (χ3n) is 5.64. The van der Waals surface area contributed by atoms with E-state index >= 15 is 0 Å². The molecule has 2 saturated heterocycles. The highest BCUT2D eigenvalue weighted by atomic mass is 19.1. The fraction of sp³-hybridized carbons (Fsp3) is 0.333. The van der Waals surface area contributed by atoms with Crippen molar-refractivity contribution in [3.05, 3.63) is 66.0 Å². The number of anilines is 1. The standard InChI is InChI=1S/C21H22FN3O2/c1-15-13-21(10-11-24(15)14-16-6-3-2-4-7-16)19(26)23-20(27)25(21)18-9-5-8-17(22)12-18/h2-9,12,15H,10-11,13-14H2,1H3,(H,23,26,27)/t15-,21+/m1/s1. The second-order valence-corrected chi connectivity index (χ2v) is 7.37. The minimum absolute atomic E-state index is 0.103. The predicted molar refractivity (Wildman–Crippen MR) is 101 cm³/mol. The molecule has 3 amide bonds. The van der Waals surface area contributed by atoms with Crippen LogP contribution >= 0.6 is 0 Å². The molecule has 0 saturated carbocycles. The SMILES string of the molecule is C[C@@H]1C[C@@]2(CCN1Cc1ccccc1)C(=O)NC(=O)N2c1cccc(F)c1. The Bertz CT molecular complexity index is 873. The Morgan fingerprint density at radius 3 is 2.63 bits per heavy atom. The number of hydrogen-bond donors (Lipinski definition) is 1. The van der Waals surface area contributed by atoms with Crippen LogP contribution in [0.4, 0.5) is 14.9 Å². The quantitative estimate of drug-likeness (QED) is 0.847. The maximum atomic E-state index is 13.7. The molecule has 140 valence electrons. The summed E-state index contributed by atoms with van der Waals surface area (Å²) < 4.78 is 13.7. The summed E-state index contributed by atoms with van der Waals surface area (Å²) in [6.45, 7) is 3.56. The molecule has 0 aromatic heterocycles. The maximum absolute atomic E-state index is 13.7. The molecule has 0 aliphatic carbocycles. The molecule has 5 nitrogen and oxygen atoms in total. The molecule has 2 aromatic carbocycles. The van der Waals surface area contributed by atoms with Crippen molar-refractivity contribution in [2.24, 2.45) is 0 Å². The van der Waals surface area contributed by atoms with Gasteiger partial charge in [0, 0.05) is 24.8 Å². The molecule has 2 fully saturated rings. The number of urea groups is 1. The van der Waals surface area contributed by atoms with Crippen molar-refractivity contribution in [3.8, 4) is 0 Å². The van der Waals surface area contributed by atoms with Crippen LogP contribution < -0.4 is 10.2 Å². The number of benzene rings is 2. The van der Waals surface area contributed by atoms with E-state index in [1.54, 1.807) is 12.1 Å². The second-order valence-electron chi connectivity index (χ2n) is 7.37. The Kier molecular flexibility index (Phi) is 4.44. The fourth-order valence-electron chi connectivity index (χ4n) is 4.28. The molecule has 2 aliphatic rings. The maximum Gasteiger partial charge on any atom is 0.329 e. The van der Waals surface area contributed by atoms with E-state index in [2.05, 4.69) is 29.3 Å². The summed E-state index contributed by atoms with van der Waals surface area (Å²) in [5, 5.41) is 2.44. The van der Waals surface area contributed by atoms with Crippen LogP contribution in [-0.2, 0) is 11.3 Å². The summed E-state index contributed by atoms with van der Waals surface area (Å²) in [6.07, 6.45) is 1.02. The Hall–Kier alpha value is -2.73. The van der Waals surface area contributed by atoms with E-state index in [4.69, 9.17) is 0 Å². The molecule has 2 atom stereocenters. The average Bonchev–Trinajstić information content (AvgIpc) is 2.88. The first kappa shape index (κ1) is 17.7. The van der Waals surface area contributed by atoms with Crippen molar-refractivity contribution in [1.29, 1.82) is 0 Å². The second kappa shape index (κ2) is 6.78. The first-order chi connectivity index (χ1) is 13.0. The van der Waals surface area contributed by atoms with Crippen molar-refractivity contribution in [3.63, 3.8) is 0 Å². The first-order valence-electron chi connectivity index (χ1n) is 9.19. The molecule has 2 heterocycles. The molecule has 1 spiro atoms. The van der Waals surface area contributed by atoms with Gasteiger partial charge in [0.1, 0.15) is 11.4 Å². The predicted octanol–water partition coefficient (Wildman–Crippen LogP) is 3.31. The van der Waals surface area contributed by atoms with Gasteiger partial charge in [-0.1, -0.05) is 36.4 Å². The first-order valence-corrected chi connectivity index (χ1v) is 9.19. The molecule has 27 heavy (non-hydrogen) atoms. The van der Waals surface area contributed by atoms with Crippen LogP contribution in [-0.4, -0.2) is 35.0 Å². The third-order valence-corrected chi connectivity index (χ3v) is 5.64. The summed E-state index contributed by atoms with van der Waals surface area (Å²) in [5.74, 6) is -0.715. The number of piperidine rings is 1. The van der Waals surface area contributed by atoms with Crippen molar-refractivity contribution in [2.75, 3.05) is 11.4 Å². The molecule has 6 heteroatoms. The lowest BCUT2D eigenvalue weighted by molar-refractivity contribution is -0.125. The van der Waals surface area contributed by atoms with Gasteiger partial charge >= 0.3 is 6.03 Å². The van der Waals surface area contributed by atoms with Gasteiger partial charge in [0.15, 0.2) is 0 Å². The molecule has 0 bridgehead atoms. The smallest absolute Gasteiger partial charge is 0.296 e. The minimum atomic E-state index is -0.961. The lowest BCUT2D eigenvalue weighted by Gasteiger charge is -2.45. The van der Waals surface area contributed by atoms with Gasteiger partial charge in [-0.3, -0.25) is 19.9 Å². The molecule has 0 unspecified atom stereocenters. The van der Waals surface area contributed by atoms with Gasteiger partial charge in [-0.2, -0.15) is 0 Å². The zero-order valence-corrected chi connectivity index (χ0v) is 15.2. The molecular weight excluding hydrogens is 345 g/mol. The van der Waals surface area contributed by atoms with Gasteiger partial charge in [-0.25, -0.2) is 9.18 Å². The minimum Gasteiger partial charge on any atom is -0.296 e. The van der Waals surface area contributed by atoms with Crippen LogP contribution in [0.3, 0.4) is 0 Å². The van der Waals surface area contributed by atoms with Gasteiger partial charge < -0.3 is 0 Å². The normalized spacial score (nSPS) is 25.9. The molecular formula is C21H22FN3O2. The van der Waals surface area contributed by atoms with Crippen molar-refractivity contribution < 1.29 is 14.0 Å². The number of halogens is 1. The average molecular weight is 367 g/mol. The van der Waals surface area contributed by atoms with Crippen LogP contribution in [0.25, 0.3) is 0 Å². The topological polar surface area (TPSA) is 52.7 Å². The van der Waals surface area contributed by atoms with Crippen LogP contribution in [0.5, 0.6) is 0 Å². The highest BCUT2D eigenvalue weighted by Gasteiger charge is 2.56. The van der Waals surface area contributed by atoms with Gasteiger partial charge in [-0.15, -0.1) is 0 Å². The number of imide groups is 1. The van der Waals surface area contributed by atoms with Gasteiger partial charge in [0.25, 0.3) is 5.91 Å². The Balaban J connectivity index is 1.60. The lowest BCUT2D eigenvalue weighted by atomic mass is 9.81. The Labute approximate surface area is 157 Å². The fourth-order valence-corrected chi connectivity index (χ4v) is 4.28. The summed E-state index contributed by atoms with van der Waals surface area (Å²) in [6, 6.07) is 15.7. The lowest BCUT2D eigenvalue weighted by Crippen LogP contribution is -2.59. The van der Waals surface area contributed by atoms with Crippen molar-refractivity contribution >= 4 is 17.6 Å². The molecule has 4 rings (SSSR count). The van der Waals surface area contributed by atoms with Crippen LogP contribution in [0.2, 0.25) is 0 Å². The number of nitrogens with zero attached hydrogens (tertiary/aromatic N) is 2. The van der Waals surface area contributed by atoms with E-state index in [9.17, 15) is 14.0 Å². The van der Waals surface area contributed by atoms with E-state index in [1.807, 2.05) is 18.2 Å². The zero-order valence-electron chi connectivity index (χ0n) is 15.2. The molecule has 1 N–H and O–H groups in total. The molecule has 2 aliphatic heterocycles. The van der Waals surface area contributed by atoms with Crippen molar-refractivity contribution in [2.45, 2.75) is 37.9 Å². The molecule has 2 aromatic rings. The zero-order chi connectivity index (χ0) is 19.0. The van der Waals surface area contributed by atoms with Crippen molar-refractivity contribution in [1.82, 2.24) is 10.2 Å². The van der Waals surface area contributed by atoms with Gasteiger partial charge in [0.05, 0.1) is 0 Å². The largest absolute Gasteiger partial charge is 0.329 e. The number of nitrogens with one attached hydrogen (secondary N) is 1. The Morgan fingerprint density at radius 1 is 1.15 bits per heavy atom. The number of rotatable bonds is 3. The van der Waals surface area contributed by atoms with E-state index < -0.39 is 17.4 Å². The van der Waals surface area contributed by atoms with E-state index in [0.29, 0.717) is 25.1 Å². The summed E-state index contributed by atoms with van der Waals surface area (Å²) in [4.78, 5) is 29.0. The van der Waals surface area contributed by atoms with Gasteiger partial charge in [0.2, 0.25) is 0 Å². The monoisotopic (exact) mass is 367 g/mol. The molecule has 0 radical (unpaired) electrons. The highest BCUT2D eigenvalue weighted by molar-refractivity contribution is 6.17. The van der Waals surface area contributed by atoms with E-state index in [1.165, 1.54) is 22.6 Å². The third kappa shape index (κ3) is 3.10. The van der Waals surface area contributed by atoms with Crippen LogP contribution in [0.1, 0.15) is 25.3 Å². The van der Waals surface area contributed by atoms with Crippen LogP contribution in [0, 0.1) is 5.82 Å².